The number of rotatable bonds is 11. The van der Waals surface area contributed by atoms with E-state index in [-0.39, 0.29) is 23.8 Å². The minimum atomic E-state index is -0.802. The van der Waals surface area contributed by atoms with Gasteiger partial charge < -0.3 is 31.7 Å². The Labute approximate surface area is 200 Å². The van der Waals surface area contributed by atoms with Crippen LogP contribution in [0.1, 0.15) is 39.0 Å². The summed E-state index contributed by atoms with van der Waals surface area (Å²) >= 11 is 0. The molecule has 1 aliphatic rings. The van der Waals surface area contributed by atoms with Crippen LogP contribution in [0, 0.1) is 0 Å². The van der Waals surface area contributed by atoms with Gasteiger partial charge in [0.05, 0.1) is 13.2 Å². The summed E-state index contributed by atoms with van der Waals surface area (Å²) in [5.41, 5.74) is 6.15. The highest BCUT2D eigenvalue weighted by molar-refractivity contribution is 6.01. The molecule has 0 radical (unpaired) electrons. The van der Waals surface area contributed by atoms with Gasteiger partial charge in [-0.2, -0.15) is 0 Å². The largest absolute Gasteiger partial charge is 0.496 e. The van der Waals surface area contributed by atoms with Gasteiger partial charge >= 0.3 is 0 Å². The van der Waals surface area contributed by atoms with E-state index in [0.29, 0.717) is 30.8 Å². The highest BCUT2D eigenvalue weighted by Gasteiger charge is 2.28. The first-order valence-electron chi connectivity index (χ1n) is 11.8. The molecule has 3 atom stereocenters. The molecule has 0 spiro atoms. The number of benzene rings is 2. The van der Waals surface area contributed by atoms with E-state index in [2.05, 4.69) is 21.3 Å². The Balaban J connectivity index is 1.63. The van der Waals surface area contributed by atoms with Crippen molar-refractivity contribution in [1.29, 1.82) is 0 Å². The highest BCUT2D eigenvalue weighted by atomic mass is 16.5. The van der Waals surface area contributed by atoms with Gasteiger partial charge in [0, 0.05) is 17.1 Å². The normalized spacial score (nSPS) is 17.1. The molecular formula is C25H35N5O4. The van der Waals surface area contributed by atoms with Crippen LogP contribution in [-0.2, 0) is 14.4 Å². The van der Waals surface area contributed by atoms with Crippen LogP contribution in [0.5, 0.6) is 5.75 Å². The molecule has 1 aliphatic heterocycles. The number of carbonyl (C=O) groups is 3. The van der Waals surface area contributed by atoms with E-state index in [9.17, 15) is 14.4 Å². The number of anilines is 1. The maximum absolute atomic E-state index is 13.0. The third kappa shape index (κ3) is 6.68. The monoisotopic (exact) mass is 469 g/mol. The van der Waals surface area contributed by atoms with Gasteiger partial charge in [-0.25, -0.2) is 0 Å². The van der Waals surface area contributed by atoms with Crippen molar-refractivity contribution in [3.63, 3.8) is 0 Å². The second kappa shape index (κ2) is 12.3. The fraction of sp³-hybridized carbons (Fsp3) is 0.480. The lowest BCUT2D eigenvalue weighted by atomic mass is 10.1. The highest BCUT2D eigenvalue weighted by Crippen LogP contribution is 2.29. The summed E-state index contributed by atoms with van der Waals surface area (Å²) in [7, 11) is 1.58. The molecule has 1 fully saturated rings. The Morgan fingerprint density at radius 1 is 1.15 bits per heavy atom. The van der Waals surface area contributed by atoms with Crippen LogP contribution < -0.4 is 31.7 Å². The van der Waals surface area contributed by atoms with Gasteiger partial charge in [-0.05, 0) is 63.6 Å². The summed E-state index contributed by atoms with van der Waals surface area (Å²) in [5, 5.41) is 13.4. The quantitative estimate of drug-likeness (QED) is 0.318. The molecule has 1 saturated heterocycles. The fourth-order valence-electron chi connectivity index (χ4n) is 4.09. The Bertz CT molecular complexity index is 1010. The average molecular weight is 470 g/mol. The molecule has 9 nitrogen and oxygen atoms in total. The van der Waals surface area contributed by atoms with Gasteiger partial charge in [0.15, 0.2) is 0 Å². The predicted octanol–water partition coefficient (Wildman–Crippen LogP) is 1.66. The zero-order valence-corrected chi connectivity index (χ0v) is 19.9. The molecule has 3 unspecified atom stereocenters. The second-order valence-electron chi connectivity index (χ2n) is 8.61. The lowest BCUT2D eigenvalue weighted by Crippen LogP contribution is -2.54. The molecule has 1 heterocycles. The Hall–Kier alpha value is -3.17. The molecule has 2 aromatic rings. The average Bonchev–Trinajstić information content (AvgIpc) is 3.38. The molecule has 2 aromatic carbocycles. The number of carbonyl (C=O) groups excluding carboxylic acids is 3. The fourth-order valence-corrected chi connectivity index (χ4v) is 4.09. The number of hydrogen-bond acceptors (Lipinski definition) is 6. The van der Waals surface area contributed by atoms with Crippen LogP contribution in [0.3, 0.4) is 0 Å². The summed E-state index contributed by atoms with van der Waals surface area (Å²) in [5.74, 6) is -0.295. The van der Waals surface area contributed by atoms with Crippen LogP contribution >= 0.6 is 0 Å². The number of hydrogen-bond donors (Lipinski definition) is 5. The van der Waals surface area contributed by atoms with Crippen molar-refractivity contribution in [2.24, 2.45) is 5.73 Å². The topological polar surface area (TPSA) is 135 Å². The summed E-state index contributed by atoms with van der Waals surface area (Å²) in [4.78, 5) is 38.3. The van der Waals surface area contributed by atoms with E-state index in [1.165, 1.54) is 0 Å². The number of methoxy groups -OCH3 is 1. The Kier molecular flexibility index (Phi) is 9.24. The molecule has 34 heavy (non-hydrogen) atoms. The van der Waals surface area contributed by atoms with E-state index < -0.39 is 12.1 Å². The van der Waals surface area contributed by atoms with Crippen molar-refractivity contribution in [2.45, 2.75) is 57.2 Å². The third-order valence-corrected chi connectivity index (χ3v) is 6.02. The molecule has 3 amide bonds. The lowest BCUT2D eigenvalue weighted by molar-refractivity contribution is -0.131. The van der Waals surface area contributed by atoms with Crippen LogP contribution in [0.25, 0.3) is 10.8 Å². The van der Waals surface area contributed by atoms with Crippen LogP contribution in [0.2, 0.25) is 0 Å². The van der Waals surface area contributed by atoms with Gasteiger partial charge in [-0.1, -0.05) is 24.3 Å². The molecule has 0 aliphatic carbocycles. The summed E-state index contributed by atoms with van der Waals surface area (Å²) < 4.78 is 5.46. The third-order valence-electron chi connectivity index (χ3n) is 6.02. The second-order valence-corrected chi connectivity index (χ2v) is 8.61. The van der Waals surface area contributed by atoms with E-state index >= 15 is 0 Å². The van der Waals surface area contributed by atoms with Crippen molar-refractivity contribution in [2.75, 3.05) is 25.5 Å². The minimum absolute atomic E-state index is 0.189. The van der Waals surface area contributed by atoms with Gasteiger partial charge in [0.2, 0.25) is 17.7 Å². The Morgan fingerprint density at radius 3 is 2.65 bits per heavy atom. The minimum Gasteiger partial charge on any atom is -0.496 e. The van der Waals surface area contributed by atoms with Crippen LogP contribution in [-0.4, -0.2) is 56.0 Å². The predicted molar refractivity (Wildman–Crippen MR) is 133 cm³/mol. The van der Waals surface area contributed by atoms with Gasteiger partial charge in [-0.15, -0.1) is 0 Å². The summed E-state index contributed by atoms with van der Waals surface area (Å²) in [6.07, 6.45) is 3.58. The number of unbranched alkanes of at least 4 members (excludes halogenated alkanes) is 1. The maximum atomic E-state index is 13.0. The van der Waals surface area contributed by atoms with E-state index in [1.807, 2.05) is 30.3 Å². The van der Waals surface area contributed by atoms with Gasteiger partial charge in [0.1, 0.15) is 17.8 Å². The van der Waals surface area contributed by atoms with Crippen molar-refractivity contribution in [3.8, 4) is 5.75 Å². The molecule has 0 saturated carbocycles. The smallest absolute Gasteiger partial charge is 0.246 e. The first-order valence-corrected chi connectivity index (χ1v) is 11.8. The van der Waals surface area contributed by atoms with Crippen molar-refractivity contribution in [3.05, 3.63) is 36.4 Å². The Morgan fingerprint density at radius 2 is 1.94 bits per heavy atom. The molecule has 9 heteroatoms. The summed E-state index contributed by atoms with van der Waals surface area (Å²) in [6.45, 7) is 2.92. The van der Waals surface area contributed by atoms with Crippen LogP contribution in [0.4, 0.5) is 5.69 Å². The zero-order valence-electron chi connectivity index (χ0n) is 19.9. The summed E-state index contributed by atoms with van der Waals surface area (Å²) in [6, 6.07) is 9.51. The first kappa shape index (κ1) is 25.5. The lowest BCUT2D eigenvalue weighted by Gasteiger charge is -2.23. The number of nitrogens with two attached hydrogens (primary N) is 1. The molecular weight excluding hydrogens is 434 g/mol. The van der Waals surface area contributed by atoms with Crippen molar-refractivity contribution < 1.29 is 19.1 Å². The van der Waals surface area contributed by atoms with E-state index in [1.54, 1.807) is 20.1 Å². The number of ether oxygens (including phenoxy) is 1. The standard InChI is InChI=1S/C25H35N5O4/c1-16(23(31)29-18-14-17-8-3-4-9-19(17)22(15-18)34-2)28-25(33)21(10-5-6-12-26)30-24(32)20-11-7-13-27-20/h3-4,8-9,14-16,20-21,27H,5-7,10-13,26H2,1-2H3,(H,28,33)(H,29,31)(H,30,32). The van der Waals surface area contributed by atoms with Crippen molar-refractivity contribution >= 4 is 34.2 Å². The molecule has 6 N–H and O–H groups in total. The van der Waals surface area contributed by atoms with E-state index in [4.69, 9.17) is 10.5 Å². The zero-order chi connectivity index (χ0) is 24.5. The molecule has 0 aromatic heterocycles. The van der Waals surface area contributed by atoms with Crippen LogP contribution in [0.15, 0.2) is 36.4 Å². The van der Waals surface area contributed by atoms with Crippen molar-refractivity contribution in [1.82, 2.24) is 16.0 Å². The van der Waals surface area contributed by atoms with Gasteiger partial charge in [-0.3, -0.25) is 14.4 Å². The number of nitrogens with one attached hydrogen (secondary N) is 4. The number of amides is 3. The van der Waals surface area contributed by atoms with E-state index in [0.717, 1.165) is 36.6 Å². The maximum Gasteiger partial charge on any atom is 0.246 e. The SMILES string of the molecule is COc1cc(NC(=O)C(C)NC(=O)C(CCCCN)NC(=O)C2CCCN2)cc2ccccc12. The first-order chi connectivity index (χ1) is 16.4. The van der Waals surface area contributed by atoms with Gasteiger partial charge in [0.25, 0.3) is 0 Å². The molecule has 0 bridgehead atoms. The molecule has 3 rings (SSSR count). The molecule has 184 valence electrons. The number of fused-ring (bicyclic) bond motifs is 1.